The average Bonchev–Trinajstić information content (AvgIpc) is 2.70. The third-order valence-corrected chi connectivity index (χ3v) is 3.44. The predicted octanol–water partition coefficient (Wildman–Crippen LogP) is 0.899. The third kappa shape index (κ3) is 5.50. The number of hydrogen-bond donors (Lipinski definition) is 3. The normalized spacial score (nSPS) is 24.2. The standard InChI is InChI=1S/C13H26N2O2/c1-10(2)15-13(17)6-7-14-8-11-4-3-5-12(11)9-16/h10-12,14,16H,3-9H2,1-2H3,(H,15,17). The monoisotopic (exact) mass is 242 g/mol. The van der Waals surface area contributed by atoms with Crippen LogP contribution in [0.4, 0.5) is 0 Å². The smallest absolute Gasteiger partial charge is 0.221 e. The van der Waals surface area contributed by atoms with Crippen LogP contribution in [0.2, 0.25) is 0 Å². The number of aliphatic hydroxyl groups excluding tert-OH is 1. The van der Waals surface area contributed by atoms with Crippen LogP contribution in [0.25, 0.3) is 0 Å². The molecule has 2 atom stereocenters. The van der Waals surface area contributed by atoms with Gasteiger partial charge in [-0.25, -0.2) is 0 Å². The number of hydrogen-bond acceptors (Lipinski definition) is 3. The second-order valence-electron chi connectivity index (χ2n) is 5.31. The van der Waals surface area contributed by atoms with E-state index in [4.69, 9.17) is 0 Å². The molecule has 2 unspecified atom stereocenters. The predicted molar refractivity (Wildman–Crippen MR) is 68.7 cm³/mol. The van der Waals surface area contributed by atoms with E-state index in [0.29, 0.717) is 24.9 Å². The Bertz CT molecular complexity index is 231. The molecule has 1 amide bonds. The molecule has 0 aliphatic heterocycles. The molecular weight excluding hydrogens is 216 g/mol. The fourth-order valence-electron chi connectivity index (χ4n) is 2.51. The minimum absolute atomic E-state index is 0.109. The number of rotatable bonds is 7. The maximum Gasteiger partial charge on any atom is 0.221 e. The van der Waals surface area contributed by atoms with E-state index in [-0.39, 0.29) is 11.9 Å². The molecule has 0 aromatic heterocycles. The van der Waals surface area contributed by atoms with Crippen molar-refractivity contribution in [2.24, 2.45) is 11.8 Å². The highest BCUT2D eigenvalue weighted by atomic mass is 16.3. The Morgan fingerprint density at radius 1 is 1.35 bits per heavy atom. The summed E-state index contributed by atoms with van der Waals surface area (Å²) in [5.74, 6) is 1.16. The summed E-state index contributed by atoms with van der Waals surface area (Å²) >= 11 is 0. The molecule has 4 nitrogen and oxygen atoms in total. The van der Waals surface area contributed by atoms with Gasteiger partial charge < -0.3 is 15.7 Å². The van der Waals surface area contributed by atoms with E-state index in [1.165, 1.54) is 12.8 Å². The number of carbonyl (C=O) groups excluding carboxylic acids is 1. The van der Waals surface area contributed by atoms with Crippen molar-refractivity contribution >= 4 is 5.91 Å². The molecule has 3 N–H and O–H groups in total. The van der Waals surface area contributed by atoms with Crippen molar-refractivity contribution in [3.8, 4) is 0 Å². The first-order chi connectivity index (χ1) is 8.13. The van der Waals surface area contributed by atoms with Crippen LogP contribution in [0.3, 0.4) is 0 Å². The average molecular weight is 242 g/mol. The number of nitrogens with one attached hydrogen (secondary N) is 2. The van der Waals surface area contributed by atoms with Crippen molar-refractivity contribution in [1.82, 2.24) is 10.6 Å². The van der Waals surface area contributed by atoms with Crippen molar-refractivity contribution in [3.63, 3.8) is 0 Å². The summed E-state index contributed by atoms with van der Waals surface area (Å²) in [4.78, 5) is 11.4. The lowest BCUT2D eigenvalue weighted by Crippen LogP contribution is -2.34. The minimum Gasteiger partial charge on any atom is -0.396 e. The van der Waals surface area contributed by atoms with Crippen LogP contribution in [0, 0.1) is 11.8 Å². The Hall–Kier alpha value is -0.610. The van der Waals surface area contributed by atoms with Gasteiger partial charge in [0.15, 0.2) is 0 Å². The first-order valence-corrected chi connectivity index (χ1v) is 6.74. The molecule has 0 bridgehead atoms. The summed E-state index contributed by atoms with van der Waals surface area (Å²) in [7, 11) is 0. The first kappa shape index (κ1) is 14.5. The molecule has 1 saturated carbocycles. The third-order valence-electron chi connectivity index (χ3n) is 3.44. The molecule has 0 saturated heterocycles. The van der Waals surface area contributed by atoms with E-state index < -0.39 is 0 Å². The topological polar surface area (TPSA) is 61.4 Å². The van der Waals surface area contributed by atoms with Crippen molar-refractivity contribution in [2.75, 3.05) is 19.7 Å². The number of amides is 1. The number of carbonyl (C=O) groups is 1. The van der Waals surface area contributed by atoms with Gasteiger partial charge >= 0.3 is 0 Å². The van der Waals surface area contributed by atoms with Gasteiger partial charge in [-0.15, -0.1) is 0 Å². The Morgan fingerprint density at radius 2 is 2.06 bits per heavy atom. The lowest BCUT2D eigenvalue weighted by Gasteiger charge is -2.17. The molecule has 17 heavy (non-hydrogen) atoms. The zero-order chi connectivity index (χ0) is 12.7. The van der Waals surface area contributed by atoms with Crippen LogP contribution >= 0.6 is 0 Å². The van der Waals surface area contributed by atoms with Crippen molar-refractivity contribution in [1.29, 1.82) is 0 Å². The van der Waals surface area contributed by atoms with Gasteiger partial charge in [-0.3, -0.25) is 4.79 Å². The molecule has 1 rings (SSSR count). The highest BCUT2D eigenvalue weighted by molar-refractivity contribution is 5.76. The lowest BCUT2D eigenvalue weighted by molar-refractivity contribution is -0.121. The van der Waals surface area contributed by atoms with Gasteiger partial charge in [0.2, 0.25) is 5.91 Å². The second-order valence-corrected chi connectivity index (χ2v) is 5.31. The van der Waals surface area contributed by atoms with Gasteiger partial charge in [0.05, 0.1) is 0 Å². The number of aliphatic hydroxyl groups is 1. The minimum atomic E-state index is 0.109. The summed E-state index contributed by atoms with van der Waals surface area (Å²) in [6, 6.07) is 0.219. The highest BCUT2D eigenvalue weighted by Gasteiger charge is 2.25. The fourth-order valence-corrected chi connectivity index (χ4v) is 2.51. The van der Waals surface area contributed by atoms with Gasteiger partial charge in [-0.2, -0.15) is 0 Å². The maximum atomic E-state index is 11.4. The van der Waals surface area contributed by atoms with E-state index in [0.717, 1.165) is 19.5 Å². The van der Waals surface area contributed by atoms with Crippen molar-refractivity contribution in [3.05, 3.63) is 0 Å². The van der Waals surface area contributed by atoms with Crippen LogP contribution < -0.4 is 10.6 Å². The molecule has 4 heteroatoms. The Morgan fingerprint density at radius 3 is 2.71 bits per heavy atom. The van der Waals surface area contributed by atoms with E-state index in [2.05, 4.69) is 10.6 Å². The molecular formula is C13H26N2O2. The quantitative estimate of drug-likeness (QED) is 0.581. The van der Waals surface area contributed by atoms with Gasteiger partial charge in [0.1, 0.15) is 0 Å². The van der Waals surface area contributed by atoms with Gasteiger partial charge in [0.25, 0.3) is 0 Å². The van der Waals surface area contributed by atoms with Gasteiger partial charge in [-0.05, 0) is 45.1 Å². The lowest BCUT2D eigenvalue weighted by atomic mass is 9.97. The molecule has 100 valence electrons. The molecule has 0 heterocycles. The zero-order valence-electron chi connectivity index (χ0n) is 11.0. The molecule has 1 aliphatic rings. The highest BCUT2D eigenvalue weighted by Crippen LogP contribution is 2.30. The molecule has 0 aromatic rings. The van der Waals surface area contributed by atoms with Crippen molar-refractivity contribution in [2.45, 2.75) is 45.6 Å². The van der Waals surface area contributed by atoms with Crippen LogP contribution in [0.1, 0.15) is 39.5 Å². The largest absolute Gasteiger partial charge is 0.396 e. The molecule has 1 aliphatic carbocycles. The molecule has 1 fully saturated rings. The van der Waals surface area contributed by atoms with Crippen LogP contribution in [0.5, 0.6) is 0 Å². The first-order valence-electron chi connectivity index (χ1n) is 6.74. The SMILES string of the molecule is CC(C)NC(=O)CCNCC1CCCC1CO. The Balaban J connectivity index is 2.05. The van der Waals surface area contributed by atoms with Crippen molar-refractivity contribution < 1.29 is 9.90 Å². The molecule has 0 radical (unpaired) electrons. The van der Waals surface area contributed by atoms with Crippen LogP contribution in [-0.2, 0) is 4.79 Å². The van der Waals surface area contributed by atoms with Crippen LogP contribution in [0.15, 0.2) is 0 Å². The summed E-state index contributed by atoms with van der Waals surface area (Å²) in [5.41, 5.74) is 0. The Labute approximate surface area is 104 Å². The van der Waals surface area contributed by atoms with E-state index >= 15 is 0 Å². The second kappa shape index (κ2) is 7.67. The summed E-state index contributed by atoms with van der Waals surface area (Å²) in [5, 5.41) is 15.4. The van der Waals surface area contributed by atoms with Gasteiger partial charge in [0, 0.05) is 25.6 Å². The van der Waals surface area contributed by atoms with E-state index in [1.807, 2.05) is 13.8 Å². The molecule has 0 spiro atoms. The summed E-state index contributed by atoms with van der Waals surface area (Å²) in [6.45, 7) is 5.90. The fraction of sp³-hybridized carbons (Fsp3) is 0.923. The summed E-state index contributed by atoms with van der Waals surface area (Å²) in [6.07, 6.45) is 4.12. The Kier molecular flexibility index (Phi) is 6.52. The van der Waals surface area contributed by atoms with E-state index in [9.17, 15) is 9.90 Å². The maximum absolute atomic E-state index is 11.4. The van der Waals surface area contributed by atoms with Crippen LogP contribution in [-0.4, -0.2) is 36.8 Å². The van der Waals surface area contributed by atoms with E-state index in [1.54, 1.807) is 0 Å². The molecule has 0 aromatic carbocycles. The van der Waals surface area contributed by atoms with Gasteiger partial charge in [-0.1, -0.05) is 6.42 Å². The zero-order valence-corrected chi connectivity index (χ0v) is 11.0. The summed E-state index contributed by atoms with van der Waals surface area (Å²) < 4.78 is 0.